The molecule has 138 valence electrons. The molecule has 2 aliphatic heterocycles. The van der Waals surface area contributed by atoms with E-state index >= 15 is 0 Å². The molecule has 0 bridgehead atoms. The van der Waals surface area contributed by atoms with Gasteiger partial charge in [-0.2, -0.15) is 0 Å². The number of aromatic nitrogens is 2. The Bertz CT molecular complexity index is 751. The van der Waals surface area contributed by atoms with E-state index in [0.717, 1.165) is 42.9 Å². The quantitative estimate of drug-likeness (QED) is 0.791. The van der Waals surface area contributed by atoms with Crippen molar-refractivity contribution in [2.75, 3.05) is 6.61 Å². The first-order chi connectivity index (χ1) is 12.4. The molecule has 0 aliphatic carbocycles. The number of ether oxygens (including phenoxy) is 1. The highest BCUT2D eigenvalue weighted by atomic mass is 16.7. The van der Waals surface area contributed by atoms with Gasteiger partial charge in [-0.3, -0.25) is 0 Å². The van der Waals surface area contributed by atoms with Crippen molar-refractivity contribution in [1.29, 1.82) is 0 Å². The predicted molar refractivity (Wildman–Crippen MR) is 102 cm³/mol. The normalized spacial score (nSPS) is 24.8. The maximum Gasteiger partial charge on any atom is 0.514 e. The standard InChI is InChI=1S/C20H27BN2O3/c1-19(2)20(3,4)26-21(25-19)16-14-22-18(15-10-6-5-7-11-15)23(16)17-12-8-9-13-24-17/h5-7,10-11,14,17H,8-9,12-13H2,1-4H3/t17-/m0/s1. The molecule has 0 N–H and O–H groups in total. The Morgan fingerprint density at radius 2 is 1.73 bits per heavy atom. The Labute approximate surface area is 155 Å². The lowest BCUT2D eigenvalue weighted by Crippen LogP contribution is -2.41. The fourth-order valence-corrected chi connectivity index (χ4v) is 3.54. The van der Waals surface area contributed by atoms with Crippen LogP contribution in [0.4, 0.5) is 0 Å². The molecule has 2 aromatic rings. The Balaban J connectivity index is 1.77. The molecular weight excluding hydrogens is 327 g/mol. The first-order valence-corrected chi connectivity index (χ1v) is 9.49. The zero-order chi connectivity index (χ0) is 18.4. The monoisotopic (exact) mass is 354 g/mol. The molecule has 1 aromatic heterocycles. The van der Waals surface area contributed by atoms with Gasteiger partial charge >= 0.3 is 7.12 Å². The minimum absolute atomic E-state index is 0.0320. The summed E-state index contributed by atoms with van der Waals surface area (Å²) in [5.74, 6) is 0.905. The highest BCUT2D eigenvalue weighted by molar-refractivity contribution is 6.61. The number of nitrogens with zero attached hydrogens (tertiary/aromatic N) is 2. The van der Waals surface area contributed by atoms with Gasteiger partial charge in [-0.1, -0.05) is 30.3 Å². The third kappa shape index (κ3) is 3.00. The largest absolute Gasteiger partial charge is 0.514 e. The zero-order valence-corrected chi connectivity index (χ0v) is 16.1. The van der Waals surface area contributed by atoms with Gasteiger partial charge in [0.2, 0.25) is 0 Å². The van der Waals surface area contributed by atoms with E-state index in [1.165, 1.54) is 0 Å². The molecule has 3 heterocycles. The molecular formula is C20H27BN2O3. The first kappa shape index (κ1) is 17.8. The SMILES string of the molecule is CC1(C)OB(c2cnc(-c3ccccc3)n2[C@@H]2CCCCO2)OC1(C)C. The molecule has 2 fully saturated rings. The van der Waals surface area contributed by atoms with Crippen LogP contribution in [0.1, 0.15) is 53.2 Å². The van der Waals surface area contributed by atoms with Gasteiger partial charge in [0.25, 0.3) is 0 Å². The Hall–Kier alpha value is -1.63. The number of imidazole rings is 1. The molecule has 2 saturated heterocycles. The van der Waals surface area contributed by atoms with E-state index in [2.05, 4.69) is 44.4 Å². The minimum atomic E-state index is -0.449. The van der Waals surface area contributed by atoms with Crippen LogP contribution in [0.25, 0.3) is 11.4 Å². The zero-order valence-electron chi connectivity index (χ0n) is 16.1. The fraction of sp³-hybridized carbons (Fsp3) is 0.550. The number of benzene rings is 1. The highest BCUT2D eigenvalue weighted by Gasteiger charge is 2.53. The third-order valence-electron chi connectivity index (χ3n) is 5.80. The summed E-state index contributed by atoms with van der Waals surface area (Å²) in [5, 5.41) is 0. The number of hydrogen-bond acceptors (Lipinski definition) is 4. The lowest BCUT2D eigenvalue weighted by molar-refractivity contribution is -0.0296. The van der Waals surface area contributed by atoms with Crippen molar-refractivity contribution in [3.05, 3.63) is 36.5 Å². The third-order valence-corrected chi connectivity index (χ3v) is 5.80. The van der Waals surface area contributed by atoms with Crippen molar-refractivity contribution < 1.29 is 14.0 Å². The first-order valence-electron chi connectivity index (χ1n) is 9.49. The van der Waals surface area contributed by atoms with Crippen molar-refractivity contribution in [2.24, 2.45) is 0 Å². The van der Waals surface area contributed by atoms with Crippen molar-refractivity contribution in [3.63, 3.8) is 0 Å². The van der Waals surface area contributed by atoms with Crippen LogP contribution in [0.5, 0.6) is 0 Å². The second kappa shape index (κ2) is 6.52. The fourth-order valence-electron chi connectivity index (χ4n) is 3.54. The summed E-state index contributed by atoms with van der Waals surface area (Å²) in [7, 11) is -0.449. The van der Waals surface area contributed by atoms with Crippen molar-refractivity contribution in [2.45, 2.75) is 64.4 Å². The summed E-state index contributed by atoms with van der Waals surface area (Å²) in [5.41, 5.74) is 1.24. The van der Waals surface area contributed by atoms with Gasteiger partial charge in [0, 0.05) is 18.4 Å². The predicted octanol–water partition coefficient (Wildman–Crippen LogP) is 3.55. The number of hydrogen-bond donors (Lipinski definition) is 0. The molecule has 1 aromatic carbocycles. The molecule has 6 heteroatoms. The maximum atomic E-state index is 6.29. The van der Waals surface area contributed by atoms with Gasteiger partial charge in [-0.05, 0) is 47.0 Å². The van der Waals surface area contributed by atoms with Crippen LogP contribution < -0.4 is 5.59 Å². The van der Waals surface area contributed by atoms with Crippen LogP contribution in [0, 0.1) is 0 Å². The molecule has 0 unspecified atom stereocenters. The molecule has 1 atom stereocenters. The summed E-state index contributed by atoms with van der Waals surface area (Å²) in [4.78, 5) is 4.72. The van der Waals surface area contributed by atoms with Gasteiger partial charge < -0.3 is 18.6 Å². The summed E-state index contributed by atoms with van der Waals surface area (Å²) < 4.78 is 20.9. The average Bonchev–Trinajstić information content (AvgIpc) is 3.15. The van der Waals surface area contributed by atoms with E-state index in [-0.39, 0.29) is 17.4 Å². The van der Waals surface area contributed by atoms with Gasteiger partial charge in [-0.15, -0.1) is 0 Å². The maximum absolute atomic E-state index is 6.29. The summed E-state index contributed by atoms with van der Waals surface area (Å²) in [6.45, 7) is 9.07. The van der Waals surface area contributed by atoms with Crippen molar-refractivity contribution >= 4 is 12.7 Å². The minimum Gasteiger partial charge on any atom is -0.398 e. The molecule has 0 spiro atoms. The number of rotatable bonds is 3. The molecule has 0 saturated carbocycles. The summed E-state index contributed by atoms with van der Waals surface area (Å²) >= 11 is 0. The van der Waals surface area contributed by atoms with Crippen LogP contribution in [0.2, 0.25) is 0 Å². The van der Waals surface area contributed by atoms with E-state index in [1.54, 1.807) is 0 Å². The smallest absolute Gasteiger partial charge is 0.398 e. The lowest BCUT2D eigenvalue weighted by Gasteiger charge is -2.32. The van der Waals surface area contributed by atoms with E-state index < -0.39 is 7.12 Å². The Kier molecular flexibility index (Phi) is 4.45. The van der Waals surface area contributed by atoms with Crippen LogP contribution >= 0.6 is 0 Å². The van der Waals surface area contributed by atoms with Gasteiger partial charge in [0.1, 0.15) is 12.1 Å². The van der Waals surface area contributed by atoms with Crippen LogP contribution in [-0.4, -0.2) is 34.5 Å². The second-order valence-electron chi connectivity index (χ2n) is 8.15. The molecule has 2 aliphatic rings. The molecule has 5 nitrogen and oxygen atoms in total. The van der Waals surface area contributed by atoms with Crippen molar-refractivity contribution in [1.82, 2.24) is 9.55 Å². The van der Waals surface area contributed by atoms with E-state index in [9.17, 15) is 0 Å². The van der Waals surface area contributed by atoms with Crippen LogP contribution in [-0.2, 0) is 14.0 Å². The Morgan fingerprint density at radius 3 is 2.35 bits per heavy atom. The highest BCUT2D eigenvalue weighted by Crippen LogP contribution is 2.37. The molecule has 0 amide bonds. The average molecular weight is 354 g/mol. The topological polar surface area (TPSA) is 45.5 Å². The molecule has 0 radical (unpaired) electrons. The lowest BCUT2D eigenvalue weighted by atomic mass is 9.85. The molecule has 26 heavy (non-hydrogen) atoms. The van der Waals surface area contributed by atoms with E-state index in [4.69, 9.17) is 19.0 Å². The summed E-state index contributed by atoms with van der Waals surface area (Å²) in [6, 6.07) is 10.2. The second-order valence-corrected chi connectivity index (χ2v) is 8.15. The van der Waals surface area contributed by atoms with Crippen LogP contribution in [0.15, 0.2) is 36.5 Å². The van der Waals surface area contributed by atoms with Gasteiger partial charge in [0.05, 0.1) is 16.8 Å². The van der Waals surface area contributed by atoms with Gasteiger partial charge in [0.15, 0.2) is 0 Å². The van der Waals surface area contributed by atoms with Gasteiger partial charge in [-0.25, -0.2) is 4.98 Å². The van der Waals surface area contributed by atoms with Crippen LogP contribution in [0.3, 0.4) is 0 Å². The molecule has 4 rings (SSSR count). The van der Waals surface area contributed by atoms with E-state index in [0.29, 0.717) is 0 Å². The van der Waals surface area contributed by atoms with E-state index in [1.807, 2.05) is 24.4 Å². The summed E-state index contributed by atoms with van der Waals surface area (Å²) in [6.07, 6.45) is 5.08. The van der Waals surface area contributed by atoms with Crippen molar-refractivity contribution in [3.8, 4) is 11.4 Å². The Morgan fingerprint density at radius 1 is 1.04 bits per heavy atom.